The summed E-state index contributed by atoms with van der Waals surface area (Å²) in [6.45, 7) is 4.67. The molecule has 0 radical (unpaired) electrons. The normalized spacial score (nSPS) is 14.2. The first-order chi connectivity index (χ1) is 10.2. The average molecular weight is 292 g/mol. The molecule has 0 bridgehead atoms. The first-order valence-electron chi connectivity index (χ1n) is 7.44. The minimum Gasteiger partial charge on any atom is -0.0810 e. The molecule has 0 nitrogen and oxygen atoms in total. The molecule has 0 aromatic heterocycles. The van der Waals surface area contributed by atoms with Gasteiger partial charge in [-0.05, 0) is 53.7 Å². The zero-order chi connectivity index (χ0) is 14.7. The lowest BCUT2D eigenvalue weighted by Crippen LogP contribution is -2.05. The van der Waals surface area contributed by atoms with Crippen LogP contribution in [0.2, 0.25) is 0 Å². The third kappa shape index (κ3) is 3.34. The molecule has 0 aliphatic heterocycles. The largest absolute Gasteiger partial charge is 0.0810 e. The summed E-state index contributed by atoms with van der Waals surface area (Å²) in [6.07, 6.45) is 6.89. The average Bonchev–Trinajstić information content (AvgIpc) is 2.96. The van der Waals surface area contributed by atoms with Crippen LogP contribution in [0.15, 0.2) is 72.3 Å². The number of hydrogen-bond donors (Lipinski definition) is 0. The number of hydrogen-bond acceptors (Lipinski definition) is 0. The highest BCUT2D eigenvalue weighted by Gasteiger charge is 2.13. The Labute approximate surface area is 129 Å². The van der Waals surface area contributed by atoms with Crippen molar-refractivity contribution in [3.63, 3.8) is 0 Å². The van der Waals surface area contributed by atoms with Crippen LogP contribution >= 0.6 is 7.92 Å². The van der Waals surface area contributed by atoms with Gasteiger partial charge < -0.3 is 0 Å². The van der Waals surface area contributed by atoms with Crippen LogP contribution in [0.5, 0.6) is 0 Å². The highest BCUT2D eigenvalue weighted by molar-refractivity contribution is 7.64. The van der Waals surface area contributed by atoms with Gasteiger partial charge in [0.15, 0.2) is 0 Å². The van der Waals surface area contributed by atoms with E-state index >= 15 is 0 Å². The summed E-state index contributed by atoms with van der Waals surface area (Å²) < 4.78 is 0. The van der Waals surface area contributed by atoms with E-state index in [9.17, 15) is 0 Å². The quantitative estimate of drug-likeness (QED) is 0.695. The van der Waals surface area contributed by atoms with Crippen LogP contribution in [0.3, 0.4) is 0 Å². The fourth-order valence-corrected chi connectivity index (χ4v) is 3.94. The van der Waals surface area contributed by atoms with Gasteiger partial charge in [-0.1, -0.05) is 74.7 Å². The molecule has 0 spiro atoms. The van der Waals surface area contributed by atoms with Gasteiger partial charge in [0.25, 0.3) is 0 Å². The lowest BCUT2D eigenvalue weighted by Gasteiger charge is -2.13. The van der Waals surface area contributed by atoms with Gasteiger partial charge in [0.2, 0.25) is 0 Å². The van der Waals surface area contributed by atoms with Gasteiger partial charge in [-0.2, -0.15) is 0 Å². The summed E-state index contributed by atoms with van der Waals surface area (Å²) in [6, 6.07) is 19.6. The predicted molar refractivity (Wildman–Crippen MR) is 95.7 cm³/mol. The Morgan fingerprint density at radius 3 is 2.38 bits per heavy atom. The van der Waals surface area contributed by atoms with Gasteiger partial charge in [0, 0.05) is 0 Å². The lowest BCUT2D eigenvalue weighted by molar-refractivity contribution is 1.20. The number of rotatable bonds is 4. The summed E-state index contributed by atoms with van der Waals surface area (Å²) in [5.41, 5.74) is 5.77. The van der Waals surface area contributed by atoms with Gasteiger partial charge in [-0.3, -0.25) is 0 Å². The predicted octanol–water partition coefficient (Wildman–Crippen LogP) is 5.01. The lowest BCUT2D eigenvalue weighted by atomic mass is 10.0. The zero-order valence-electron chi connectivity index (χ0n) is 12.7. The second kappa shape index (κ2) is 6.41. The van der Waals surface area contributed by atoms with E-state index in [1.54, 1.807) is 0 Å². The molecular formula is C20H21P. The van der Waals surface area contributed by atoms with Crippen molar-refractivity contribution in [2.45, 2.75) is 12.8 Å². The fraction of sp³-hybridized carbons (Fsp3) is 0.200. The molecule has 1 aliphatic rings. The van der Waals surface area contributed by atoms with Crippen LogP contribution < -0.4 is 5.30 Å². The van der Waals surface area contributed by atoms with E-state index in [0.717, 1.165) is 12.8 Å². The van der Waals surface area contributed by atoms with E-state index < -0.39 is 0 Å². The van der Waals surface area contributed by atoms with Gasteiger partial charge in [0.05, 0.1) is 0 Å². The molecule has 0 heterocycles. The smallest absolute Gasteiger partial charge is 0.00287 e. The van der Waals surface area contributed by atoms with Gasteiger partial charge in [-0.25, -0.2) is 0 Å². The van der Waals surface area contributed by atoms with E-state index in [1.807, 2.05) is 0 Å². The molecule has 3 rings (SSSR count). The first-order valence-corrected chi connectivity index (χ1v) is 9.68. The van der Waals surface area contributed by atoms with E-state index in [2.05, 4.69) is 80.1 Å². The molecule has 0 unspecified atom stereocenters. The Morgan fingerprint density at radius 1 is 0.905 bits per heavy atom. The molecule has 106 valence electrons. The van der Waals surface area contributed by atoms with Crippen molar-refractivity contribution in [2.75, 3.05) is 13.3 Å². The van der Waals surface area contributed by atoms with Crippen LogP contribution in [0.25, 0.3) is 5.57 Å². The van der Waals surface area contributed by atoms with Crippen molar-refractivity contribution in [1.29, 1.82) is 0 Å². The van der Waals surface area contributed by atoms with Gasteiger partial charge in [0.1, 0.15) is 0 Å². The summed E-state index contributed by atoms with van der Waals surface area (Å²) in [4.78, 5) is 0. The molecule has 0 saturated heterocycles. The summed E-state index contributed by atoms with van der Waals surface area (Å²) in [7, 11) is -0.0588. The van der Waals surface area contributed by atoms with Crippen LogP contribution in [0.4, 0.5) is 0 Å². The van der Waals surface area contributed by atoms with Crippen molar-refractivity contribution < 1.29 is 0 Å². The fourth-order valence-electron chi connectivity index (χ4n) is 2.86. The van der Waals surface area contributed by atoms with Gasteiger partial charge in [-0.15, -0.1) is 0 Å². The van der Waals surface area contributed by atoms with Crippen molar-refractivity contribution in [3.05, 3.63) is 83.4 Å². The molecule has 1 aliphatic carbocycles. The second-order valence-electron chi connectivity index (χ2n) is 5.73. The molecule has 2 aromatic rings. The Morgan fingerprint density at radius 2 is 1.62 bits per heavy atom. The maximum Gasteiger partial charge on any atom is -0.00287 e. The van der Waals surface area contributed by atoms with E-state index in [0.29, 0.717) is 0 Å². The van der Waals surface area contributed by atoms with E-state index in [-0.39, 0.29) is 7.92 Å². The maximum absolute atomic E-state index is 2.39. The Bertz CT molecular complexity index is 678. The van der Waals surface area contributed by atoms with Crippen LogP contribution in [-0.2, 0) is 6.42 Å². The van der Waals surface area contributed by atoms with Crippen molar-refractivity contribution in [3.8, 4) is 0 Å². The van der Waals surface area contributed by atoms with Crippen molar-refractivity contribution in [2.24, 2.45) is 0 Å². The summed E-state index contributed by atoms with van der Waals surface area (Å²) in [5.74, 6) is 0. The molecule has 21 heavy (non-hydrogen) atoms. The highest BCUT2D eigenvalue weighted by atomic mass is 31.1. The highest BCUT2D eigenvalue weighted by Crippen LogP contribution is 2.33. The van der Waals surface area contributed by atoms with Crippen LogP contribution in [0.1, 0.15) is 17.5 Å². The van der Waals surface area contributed by atoms with Crippen molar-refractivity contribution >= 4 is 18.8 Å². The van der Waals surface area contributed by atoms with E-state index in [4.69, 9.17) is 0 Å². The van der Waals surface area contributed by atoms with Gasteiger partial charge >= 0.3 is 0 Å². The summed E-state index contributed by atoms with van der Waals surface area (Å²) >= 11 is 0. The first kappa shape index (κ1) is 14.3. The molecule has 2 aromatic carbocycles. The molecule has 1 heteroatoms. The number of benzene rings is 2. The molecular weight excluding hydrogens is 271 g/mol. The third-order valence-electron chi connectivity index (χ3n) is 3.93. The summed E-state index contributed by atoms with van der Waals surface area (Å²) in [5, 5.41) is 1.52. The minimum absolute atomic E-state index is 0.0588. The minimum atomic E-state index is -0.0588. The molecule has 0 amide bonds. The monoisotopic (exact) mass is 292 g/mol. The Balaban J connectivity index is 1.82. The third-order valence-corrected chi connectivity index (χ3v) is 5.28. The molecule has 0 fully saturated rings. The maximum atomic E-state index is 2.39. The standard InChI is InChI=1S/C20H21P/c1-21(2)20-11-7-6-10-19(20)18-13-12-17(15-18)14-16-8-4-3-5-9-16/h3-12,15H,13-14H2,1-2H3. The molecule has 0 N–H and O–H groups in total. The Hall–Kier alpha value is -1.65. The SMILES string of the molecule is CP(C)c1ccccc1C1=CC(Cc2ccccc2)=CC1. The van der Waals surface area contributed by atoms with Crippen LogP contribution in [-0.4, -0.2) is 13.3 Å². The van der Waals surface area contributed by atoms with Crippen molar-refractivity contribution in [1.82, 2.24) is 0 Å². The topological polar surface area (TPSA) is 0 Å². The second-order valence-corrected chi connectivity index (χ2v) is 8.00. The molecule has 0 saturated carbocycles. The van der Waals surface area contributed by atoms with E-state index in [1.165, 1.54) is 27.6 Å². The number of allylic oxidation sites excluding steroid dienone is 4. The zero-order valence-corrected chi connectivity index (χ0v) is 13.6. The van der Waals surface area contributed by atoms with Crippen LogP contribution in [0, 0.1) is 0 Å². The Kier molecular flexibility index (Phi) is 4.36. The molecule has 0 atom stereocenters.